The lowest BCUT2D eigenvalue weighted by Crippen LogP contribution is -2.02. The van der Waals surface area contributed by atoms with Gasteiger partial charge in [-0.2, -0.15) is 0 Å². The molecular formula is C12H8Cl2N2O3S. The zero-order valence-electron chi connectivity index (χ0n) is 9.93. The monoisotopic (exact) mass is 330 g/mol. The molecule has 0 fully saturated rings. The predicted octanol–water partition coefficient (Wildman–Crippen LogP) is 4.20. The number of nitro groups is 1. The van der Waals surface area contributed by atoms with Crippen molar-refractivity contribution in [1.82, 2.24) is 4.98 Å². The van der Waals surface area contributed by atoms with Gasteiger partial charge in [0.1, 0.15) is 0 Å². The summed E-state index contributed by atoms with van der Waals surface area (Å²) in [6.45, 7) is 0. The fourth-order valence-corrected chi connectivity index (χ4v) is 2.62. The van der Waals surface area contributed by atoms with Crippen molar-refractivity contribution in [1.29, 1.82) is 0 Å². The molecule has 0 aliphatic rings. The molecule has 104 valence electrons. The second-order valence-electron chi connectivity index (χ2n) is 3.82. The molecule has 0 amide bonds. The molecule has 2 aromatic rings. The van der Waals surface area contributed by atoms with Gasteiger partial charge >= 0.3 is 0 Å². The highest BCUT2D eigenvalue weighted by molar-refractivity contribution is 8.00. The number of Topliss-reactive ketones (excluding diaryl/α,β-unsaturated/α-hetero) is 1. The van der Waals surface area contributed by atoms with E-state index in [1.807, 2.05) is 0 Å². The summed E-state index contributed by atoms with van der Waals surface area (Å²) in [6, 6.07) is 6.29. The standard InChI is InChI=1S/C12H8Cl2N2O3S/c13-9-2-1-8(4-10(9)14)20-6-12(17)11-3-7(5-15-11)16(18)19/h1-5,15H,6H2. The number of nitrogens with zero attached hydrogens (tertiary/aromatic N) is 1. The van der Waals surface area contributed by atoms with Gasteiger partial charge in [-0.05, 0) is 18.2 Å². The van der Waals surface area contributed by atoms with E-state index in [9.17, 15) is 14.9 Å². The molecule has 1 aromatic heterocycles. The van der Waals surface area contributed by atoms with Gasteiger partial charge in [0.2, 0.25) is 0 Å². The van der Waals surface area contributed by atoms with Crippen LogP contribution in [0.15, 0.2) is 35.4 Å². The molecule has 1 heterocycles. The Hall–Kier alpha value is -1.50. The van der Waals surface area contributed by atoms with Gasteiger partial charge in [0, 0.05) is 11.0 Å². The molecule has 0 saturated heterocycles. The zero-order chi connectivity index (χ0) is 14.7. The number of rotatable bonds is 5. The van der Waals surface area contributed by atoms with Crippen LogP contribution in [0.5, 0.6) is 0 Å². The maximum atomic E-state index is 11.9. The van der Waals surface area contributed by atoms with Gasteiger partial charge in [-0.25, -0.2) is 0 Å². The first-order valence-electron chi connectivity index (χ1n) is 5.41. The van der Waals surface area contributed by atoms with E-state index in [0.717, 1.165) is 4.90 Å². The van der Waals surface area contributed by atoms with Crippen LogP contribution in [0.25, 0.3) is 0 Å². The van der Waals surface area contributed by atoms with Crippen LogP contribution in [0.3, 0.4) is 0 Å². The molecule has 5 nitrogen and oxygen atoms in total. The third-order valence-corrected chi connectivity index (χ3v) is 4.17. The number of H-pyrrole nitrogens is 1. The second kappa shape index (κ2) is 6.30. The largest absolute Gasteiger partial charge is 0.353 e. The highest BCUT2D eigenvalue weighted by Crippen LogP contribution is 2.28. The van der Waals surface area contributed by atoms with E-state index in [1.54, 1.807) is 18.2 Å². The maximum absolute atomic E-state index is 11.9. The highest BCUT2D eigenvalue weighted by atomic mass is 35.5. The van der Waals surface area contributed by atoms with Crippen molar-refractivity contribution < 1.29 is 9.72 Å². The third kappa shape index (κ3) is 3.53. The van der Waals surface area contributed by atoms with Crippen LogP contribution in [0.4, 0.5) is 5.69 Å². The van der Waals surface area contributed by atoms with E-state index in [2.05, 4.69) is 4.98 Å². The Kier molecular flexibility index (Phi) is 4.69. The molecule has 20 heavy (non-hydrogen) atoms. The molecule has 8 heteroatoms. The van der Waals surface area contributed by atoms with Crippen molar-refractivity contribution in [3.05, 3.63) is 56.3 Å². The summed E-state index contributed by atoms with van der Waals surface area (Å²) in [6.07, 6.45) is 1.19. The van der Waals surface area contributed by atoms with Gasteiger partial charge < -0.3 is 4.98 Å². The van der Waals surface area contributed by atoms with Gasteiger partial charge in [0.15, 0.2) is 5.78 Å². The lowest BCUT2D eigenvalue weighted by molar-refractivity contribution is -0.384. The number of hydrogen-bond donors (Lipinski definition) is 1. The fourth-order valence-electron chi connectivity index (χ4n) is 1.44. The second-order valence-corrected chi connectivity index (χ2v) is 5.68. The van der Waals surface area contributed by atoms with Crippen molar-refractivity contribution in [2.75, 3.05) is 5.75 Å². The molecule has 0 spiro atoms. The van der Waals surface area contributed by atoms with E-state index in [4.69, 9.17) is 23.2 Å². The summed E-state index contributed by atoms with van der Waals surface area (Å²) in [7, 11) is 0. The predicted molar refractivity (Wildman–Crippen MR) is 79.0 cm³/mol. The van der Waals surface area contributed by atoms with E-state index in [-0.39, 0.29) is 22.9 Å². The van der Waals surface area contributed by atoms with Crippen molar-refractivity contribution in [2.24, 2.45) is 0 Å². The van der Waals surface area contributed by atoms with E-state index < -0.39 is 4.92 Å². The number of carbonyl (C=O) groups is 1. The fraction of sp³-hybridized carbons (Fsp3) is 0.0833. The SMILES string of the molecule is O=C(CSc1ccc(Cl)c(Cl)c1)c1cc([N+](=O)[O-])c[nH]1. The molecule has 0 atom stereocenters. The first kappa shape index (κ1) is 14.9. The minimum absolute atomic E-state index is 0.132. The van der Waals surface area contributed by atoms with Crippen molar-refractivity contribution in [3.8, 4) is 0 Å². The number of carbonyl (C=O) groups excluding carboxylic acids is 1. The van der Waals surface area contributed by atoms with Gasteiger partial charge in [-0.15, -0.1) is 11.8 Å². The average Bonchev–Trinajstić information content (AvgIpc) is 2.89. The van der Waals surface area contributed by atoms with Gasteiger partial charge in [0.25, 0.3) is 5.69 Å². The topological polar surface area (TPSA) is 76.0 Å². The molecule has 0 unspecified atom stereocenters. The summed E-state index contributed by atoms with van der Waals surface area (Å²) < 4.78 is 0. The van der Waals surface area contributed by atoms with Crippen LogP contribution in [0.1, 0.15) is 10.5 Å². The van der Waals surface area contributed by atoms with Crippen molar-refractivity contribution in [2.45, 2.75) is 4.90 Å². The molecule has 2 rings (SSSR count). The van der Waals surface area contributed by atoms with Crippen LogP contribution in [-0.2, 0) is 0 Å². The number of ketones is 1. The summed E-state index contributed by atoms with van der Waals surface area (Å²) in [5, 5.41) is 11.4. The molecule has 0 radical (unpaired) electrons. The van der Waals surface area contributed by atoms with Crippen LogP contribution >= 0.6 is 35.0 Å². The van der Waals surface area contributed by atoms with Crippen LogP contribution in [0, 0.1) is 10.1 Å². The van der Waals surface area contributed by atoms with Gasteiger partial charge in [-0.1, -0.05) is 23.2 Å². The lowest BCUT2D eigenvalue weighted by Gasteiger charge is -2.02. The number of aromatic amines is 1. The average molecular weight is 331 g/mol. The minimum atomic E-state index is -0.556. The molecule has 1 aromatic carbocycles. The summed E-state index contributed by atoms with van der Waals surface area (Å²) >= 11 is 12.9. The third-order valence-electron chi connectivity index (χ3n) is 2.44. The van der Waals surface area contributed by atoms with Gasteiger partial charge in [0.05, 0.1) is 32.6 Å². The Labute approximate surface area is 128 Å². The Morgan fingerprint density at radius 2 is 2.05 bits per heavy atom. The molecular weight excluding hydrogens is 323 g/mol. The van der Waals surface area contributed by atoms with Crippen molar-refractivity contribution >= 4 is 46.4 Å². The number of benzene rings is 1. The van der Waals surface area contributed by atoms with Crippen LogP contribution in [0.2, 0.25) is 10.0 Å². The van der Waals surface area contributed by atoms with E-state index >= 15 is 0 Å². The first-order chi connectivity index (χ1) is 9.47. The summed E-state index contributed by atoms with van der Waals surface area (Å²) in [5.74, 6) is -0.0792. The van der Waals surface area contributed by atoms with Crippen LogP contribution in [-0.4, -0.2) is 21.4 Å². The van der Waals surface area contributed by atoms with Gasteiger partial charge in [-0.3, -0.25) is 14.9 Å². The summed E-state index contributed by atoms with van der Waals surface area (Å²) in [5.41, 5.74) is 0.0807. The molecule has 0 aliphatic heterocycles. The summed E-state index contributed by atoms with van der Waals surface area (Å²) in [4.78, 5) is 25.2. The molecule has 0 saturated carbocycles. The Balaban J connectivity index is 2.00. The number of thioether (sulfide) groups is 1. The maximum Gasteiger partial charge on any atom is 0.287 e. The first-order valence-corrected chi connectivity index (χ1v) is 7.15. The smallest absolute Gasteiger partial charge is 0.287 e. The highest BCUT2D eigenvalue weighted by Gasteiger charge is 2.14. The Morgan fingerprint density at radius 3 is 2.65 bits per heavy atom. The number of hydrogen-bond acceptors (Lipinski definition) is 4. The number of halogens is 2. The Bertz CT molecular complexity index is 672. The molecule has 0 bridgehead atoms. The normalized spacial score (nSPS) is 10.5. The Morgan fingerprint density at radius 1 is 1.30 bits per heavy atom. The quantitative estimate of drug-likeness (QED) is 0.385. The van der Waals surface area contributed by atoms with Crippen molar-refractivity contribution in [3.63, 3.8) is 0 Å². The number of nitrogens with one attached hydrogen (secondary N) is 1. The van der Waals surface area contributed by atoms with E-state index in [0.29, 0.717) is 10.0 Å². The van der Waals surface area contributed by atoms with Crippen LogP contribution < -0.4 is 0 Å². The zero-order valence-corrected chi connectivity index (χ0v) is 12.3. The minimum Gasteiger partial charge on any atom is -0.353 e. The van der Waals surface area contributed by atoms with E-state index in [1.165, 1.54) is 24.0 Å². The number of aromatic nitrogens is 1. The molecule has 1 N–H and O–H groups in total. The molecule has 0 aliphatic carbocycles. The lowest BCUT2D eigenvalue weighted by atomic mass is 10.3.